The van der Waals surface area contributed by atoms with Gasteiger partial charge in [-0.15, -0.1) is 0 Å². The molecule has 2 rings (SSSR count). The van der Waals surface area contributed by atoms with E-state index in [1.54, 1.807) is 12.1 Å². The number of hydrazine groups is 1. The second-order valence-corrected chi connectivity index (χ2v) is 6.46. The molecule has 1 aromatic carbocycles. The lowest BCUT2D eigenvalue weighted by Crippen LogP contribution is -2.38. The monoisotopic (exact) mass is 371 g/mol. The van der Waals surface area contributed by atoms with Gasteiger partial charge in [0, 0.05) is 6.07 Å². The number of furan rings is 1. The zero-order valence-corrected chi connectivity index (χ0v) is 13.7. The van der Waals surface area contributed by atoms with E-state index in [1.165, 1.54) is 12.3 Å². The van der Waals surface area contributed by atoms with Gasteiger partial charge in [-0.25, -0.2) is 13.6 Å². The number of primary sulfonamides is 1. The lowest BCUT2D eigenvalue weighted by Gasteiger charge is -2.12. The third kappa shape index (κ3) is 4.65. The van der Waals surface area contributed by atoms with Gasteiger partial charge in [-0.3, -0.25) is 21.0 Å². The fourth-order valence-electron chi connectivity index (χ4n) is 1.69. The summed E-state index contributed by atoms with van der Waals surface area (Å²) in [6.45, 7) is 0.326. The van der Waals surface area contributed by atoms with Crippen molar-refractivity contribution in [1.29, 1.82) is 0 Å². The molecule has 0 aliphatic heterocycles. The largest absolute Gasteiger partial charge is 0.467 e. The van der Waals surface area contributed by atoms with Gasteiger partial charge in [-0.2, -0.15) is 0 Å². The van der Waals surface area contributed by atoms with Crippen molar-refractivity contribution >= 4 is 38.7 Å². The molecule has 0 atom stereocenters. The summed E-state index contributed by atoms with van der Waals surface area (Å²) in [5, 5.41) is 19.0. The van der Waals surface area contributed by atoms with Crippen molar-refractivity contribution in [2.24, 2.45) is 5.14 Å². The Morgan fingerprint density at radius 1 is 1.38 bits per heavy atom. The van der Waals surface area contributed by atoms with E-state index >= 15 is 0 Å². The number of hydrogen-bond donors (Lipinski definition) is 4. The van der Waals surface area contributed by atoms with Gasteiger partial charge in [0.1, 0.15) is 11.4 Å². The van der Waals surface area contributed by atoms with Crippen LogP contribution in [0.4, 0.5) is 11.4 Å². The van der Waals surface area contributed by atoms with Gasteiger partial charge < -0.3 is 9.73 Å². The summed E-state index contributed by atoms with van der Waals surface area (Å²) in [5.41, 5.74) is 4.65. The quantitative estimate of drug-likeness (QED) is 0.328. The Labute approximate surface area is 142 Å². The number of anilines is 1. The number of thiocarbonyl (C=S) groups is 1. The molecule has 0 spiro atoms. The molecule has 0 amide bonds. The molecule has 0 fully saturated rings. The predicted molar refractivity (Wildman–Crippen MR) is 89.4 cm³/mol. The Morgan fingerprint density at radius 2 is 2.12 bits per heavy atom. The highest BCUT2D eigenvalue weighted by atomic mass is 32.2. The van der Waals surface area contributed by atoms with Crippen LogP contribution in [0.15, 0.2) is 45.9 Å². The van der Waals surface area contributed by atoms with Crippen LogP contribution in [0.2, 0.25) is 0 Å². The number of nitrogens with zero attached hydrogens (tertiary/aromatic N) is 1. The van der Waals surface area contributed by atoms with Crippen molar-refractivity contribution in [3.05, 3.63) is 52.5 Å². The van der Waals surface area contributed by atoms with Crippen LogP contribution in [0.1, 0.15) is 5.76 Å². The molecule has 12 heteroatoms. The van der Waals surface area contributed by atoms with Crippen LogP contribution in [0, 0.1) is 10.1 Å². The molecule has 1 heterocycles. The minimum absolute atomic E-state index is 0.0227. The molecule has 24 heavy (non-hydrogen) atoms. The van der Waals surface area contributed by atoms with E-state index in [0.717, 1.165) is 12.1 Å². The number of nitrogens with one attached hydrogen (secondary N) is 3. The molecule has 0 saturated carbocycles. The molecule has 0 unspecified atom stereocenters. The van der Waals surface area contributed by atoms with Gasteiger partial charge in [-0.1, -0.05) is 0 Å². The number of rotatable bonds is 6. The molecule has 0 aliphatic rings. The zero-order chi connectivity index (χ0) is 17.7. The van der Waals surface area contributed by atoms with E-state index < -0.39 is 20.6 Å². The molecule has 0 aliphatic carbocycles. The minimum Gasteiger partial charge on any atom is -0.467 e. The molecule has 1 aromatic heterocycles. The maximum Gasteiger partial charge on any atom is 0.295 e. The fraction of sp³-hybridized carbons (Fsp3) is 0.0833. The van der Waals surface area contributed by atoms with E-state index in [9.17, 15) is 18.5 Å². The number of nitro groups is 1. The first kappa shape index (κ1) is 17.7. The molecule has 5 N–H and O–H groups in total. The van der Waals surface area contributed by atoms with Crippen LogP contribution in [-0.4, -0.2) is 18.5 Å². The molecular formula is C12H13N5O5S2. The van der Waals surface area contributed by atoms with Crippen molar-refractivity contribution < 1.29 is 17.8 Å². The van der Waals surface area contributed by atoms with Crippen molar-refractivity contribution in [2.75, 3.05) is 5.43 Å². The van der Waals surface area contributed by atoms with Crippen LogP contribution in [0.25, 0.3) is 0 Å². The number of nitro benzene ring substituents is 1. The third-order valence-corrected chi connectivity index (χ3v) is 3.97. The number of hydrogen-bond acceptors (Lipinski definition) is 7. The zero-order valence-electron chi connectivity index (χ0n) is 12.1. The summed E-state index contributed by atoms with van der Waals surface area (Å²) in [6.07, 6.45) is 1.52. The van der Waals surface area contributed by atoms with E-state index in [-0.39, 0.29) is 15.7 Å². The fourth-order valence-corrected chi connectivity index (χ4v) is 2.35. The Kier molecular flexibility index (Phi) is 5.33. The Morgan fingerprint density at radius 3 is 2.71 bits per heavy atom. The highest BCUT2D eigenvalue weighted by Gasteiger charge is 2.19. The first-order valence-electron chi connectivity index (χ1n) is 6.41. The highest BCUT2D eigenvalue weighted by molar-refractivity contribution is 7.89. The van der Waals surface area contributed by atoms with Crippen LogP contribution in [-0.2, 0) is 16.6 Å². The van der Waals surface area contributed by atoms with Crippen molar-refractivity contribution in [3.63, 3.8) is 0 Å². The van der Waals surface area contributed by atoms with Gasteiger partial charge in [0.15, 0.2) is 5.11 Å². The van der Waals surface area contributed by atoms with Gasteiger partial charge in [-0.05, 0) is 36.5 Å². The minimum atomic E-state index is -4.04. The van der Waals surface area contributed by atoms with Crippen LogP contribution >= 0.6 is 12.2 Å². The average Bonchev–Trinajstić information content (AvgIpc) is 3.03. The maximum atomic E-state index is 11.3. The van der Waals surface area contributed by atoms with Gasteiger partial charge >= 0.3 is 0 Å². The highest BCUT2D eigenvalue weighted by Crippen LogP contribution is 2.26. The molecule has 2 aromatic rings. The lowest BCUT2D eigenvalue weighted by atomic mass is 10.3. The van der Waals surface area contributed by atoms with Crippen molar-refractivity contribution in [3.8, 4) is 0 Å². The molecular weight excluding hydrogens is 358 g/mol. The van der Waals surface area contributed by atoms with Crippen molar-refractivity contribution in [2.45, 2.75) is 11.4 Å². The molecule has 10 nitrogen and oxygen atoms in total. The maximum absolute atomic E-state index is 11.3. The van der Waals surface area contributed by atoms with E-state index in [4.69, 9.17) is 21.8 Å². The first-order chi connectivity index (χ1) is 11.3. The molecule has 0 bridgehead atoms. The van der Waals surface area contributed by atoms with E-state index in [1.807, 2.05) is 0 Å². The summed E-state index contributed by atoms with van der Waals surface area (Å²) in [7, 11) is -4.04. The Hall–Kier alpha value is -2.70. The summed E-state index contributed by atoms with van der Waals surface area (Å²) >= 11 is 5.01. The second-order valence-electron chi connectivity index (χ2n) is 4.49. The average molecular weight is 371 g/mol. The smallest absolute Gasteiger partial charge is 0.295 e. The normalized spacial score (nSPS) is 10.9. The third-order valence-electron chi connectivity index (χ3n) is 2.81. The molecule has 0 radical (unpaired) electrons. The van der Waals surface area contributed by atoms with Crippen LogP contribution < -0.4 is 21.3 Å². The van der Waals surface area contributed by atoms with Crippen molar-refractivity contribution in [1.82, 2.24) is 10.7 Å². The standard InChI is InChI=1S/C12H13N5O5S2/c13-24(20,21)9-3-4-10(11(6-9)17(18)19)15-16-12(23)14-7-8-2-1-5-22-8/h1-6,15H,7H2,(H2,13,20,21)(H2,14,16,23). The number of nitrogens with two attached hydrogens (primary N) is 1. The Bertz CT molecular complexity index is 851. The first-order valence-corrected chi connectivity index (χ1v) is 8.36. The number of sulfonamides is 1. The van der Waals surface area contributed by atoms with E-state index in [2.05, 4.69) is 16.2 Å². The van der Waals surface area contributed by atoms with Gasteiger partial charge in [0.2, 0.25) is 10.0 Å². The van der Waals surface area contributed by atoms with Crippen LogP contribution in [0.3, 0.4) is 0 Å². The van der Waals surface area contributed by atoms with Gasteiger partial charge in [0.05, 0.1) is 22.6 Å². The predicted octanol–water partition coefficient (Wildman–Crippen LogP) is 0.826. The van der Waals surface area contributed by atoms with E-state index in [0.29, 0.717) is 12.3 Å². The Balaban J connectivity index is 2.03. The number of benzene rings is 1. The summed E-state index contributed by atoms with van der Waals surface area (Å²) in [4.78, 5) is 9.97. The molecule has 0 saturated heterocycles. The molecule has 128 valence electrons. The summed E-state index contributed by atoms with van der Waals surface area (Å²) < 4.78 is 27.6. The second kappa shape index (κ2) is 7.25. The summed E-state index contributed by atoms with van der Waals surface area (Å²) in [5.74, 6) is 0.655. The lowest BCUT2D eigenvalue weighted by molar-refractivity contribution is -0.384. The SMILES string of the molecule is NS(=O)(=O)c1ccc(NNC(=S)NCc2ccco2)c([N+](=O)[O-])c1. The summed E-state index contributed by atoms with van der Waals surface area (Å²) in [6, 6.07) is 6.69. The van der Waals surface area contributed by atoms with Crippen LogP contribution in [0.5, 0.6) is 0 Å². The van der Waals surface area contributed by atoms with Gasteiger partial charge in [0.25, 0.3) is 5.69 Å². The topological polar surface area (TPSA) is 153 Å².